The van der Waals surface area contributed by atoms with Crippen molar-refractivity contribution in [2.75, 3.05) is 38.2 Å². The summed E-state index contributed by atoms with van der Waals surface area (Å²) in [5.41, 5.74) is 7.04. The van der Waals surface area contributed by atoms with Crippen LogP contribution in [-0.2, 0) is 11.3 Å². The molecule has 4 rings (SSSR count). The molecule has 2 amide bonds. The summed E-state index contributed by atoms with van der Waals surface area (Å²) >= 11 is 1.30. The van der Waals surface area contributed by atoms with Crippen molar-refractivity contribution in [2.45, 2.75) is 13.5 Å². The number of primary amides is 1. The summed E-state index contributed by atoms with van der Waals surface area (Å²) in [4.78, 5) is 27.9. The van der Waals surface area contributed by atoms with Crippen molar-refractivity contribution in [3.8, 4) is 0 Å². The number of morpholine rings is 1. The number of nitrogens with zero attached hydrogens (tertiary/aromatic N) is 3. The van der Waals surface area contributed by atoms with Crippen LogP contribution < -0.4 is 11.1 Å². The monoisotopic (exact) mass is 413 g/mol. The van der Waals surface area contributed by atoms with Crippen LogP contribution in [0.3, 0.4) is 0 Å². The first-order valence-corrected chi connectivity index (χ1v) is 10.3. The maximum absolute atomic E-state index is 12.7. The van der Waals surface area contributed by atoms with Gasteiger partial charge in [-0.3, -0.25) is 19.2 Å². The molecule has 29 heavy (non-hydrogen) atoms. The van der Waals surface area contributed by atoms with Crippen LogP contribution in [0.2, 0.25) is 0 Å². The highest BCUT2D eigenvalue weighted by Gasteiger charge is 2.20. The zero-order valence-corrected chi connectivity index (χ0v) is 17.0. The molecular formula is C20H23N5O3S. The number of aryl methyl sites for hydroxylation is 1. The third-order valence-corrected chi connectivity index (χ3v) is 6.07. The fourth-order valence-electron chi connectivity index (χ4n) is 3.36. The number of carbonyl (C=O) groups is 2. The Kier molecular flexibility index (Phi) is 5.61. The number of thiophene rings is 1. The van der Waals surface area contributed by atoms with Gasteiger partial charge in [-0.15, -0.1) is 11.3 Å². The summed E-state index contributed by atoms with van der Waals surface area (Å²) in [5, 5.41) is 8.22. The van der Waals surface area contributed by atoms with E-state index in [-0.39, 0.29) is 5.91 Å². The molecular weight excluding hydrogens is 390 g/mol. The van der Waals surface area contributed by atoms with E-state index in [9.17, 15) is 9.59 Å². The number of hydrogen-bond acceptors (Lipinski definition) is 6. The van der Waals surface area contributed by atoms with Gasteiger partial charge in [0, 0.05) is 25.2 Å². The number of benzene rings is 1. The molecule has 1 aromatic carbocycles. The molecule has 1 aliphatic heterocycles. The van der Waals surface area contributed by atoms with Gasteiger partial charge in [0.1, 0.15) is 4.83 Å². The number of fused-ring (bicyclic) bond motifs is 1. The number of rotatable bonds is 6. The Hall–Kier alpha value is -2.75. The average Bonchev–Trinajstić information content (AvgIpc) is 3.28. The van der Waals surface area contributed by atoms with Gasteiger partial charge in [-0.2, -0.15) is 5.10 Å². The molecule has 0 atom stereocenters. The Morgan fingerprint density at radius 2 is 2.03 bits per heavy atom. The standard InChI is InChI=1S/C20H23N5O3S/c1-13-3-2-4-14(11-13)19(27)22-18-15-12-16(17(21)26)29-20(15)25(23-18)6-5-24-7-9-28-10-8-24/h2-4,11-12H,5-10H2,1H3,(H2,21,26)(H,22,23,27). The summed E-state index contributed by atoms with van der Waals surface area (Å²) in [6.07, 6.45) is 0. The molecule has 152 valence electrons. The molecule has 0 radical (unpaired) electrons. The molecule has 1 fully saturated rings. The van der Waals surface area contributed by atoms with Crippen LogP contribution in [0, 0.1) is 6.92 Å². The van der Waals surface area contributed by atoms with Gasteiger partial charge in [-0.25, -0.2) is 0 Å². The third-order valence-electron chi connectivity index (χ3n) is 4.91. The Morgan fingerprint density at radius 3 is 2.76 bits per heavy atom. The molecule has 2 aromatic heterocycles. The molecule has 3 heterocycles. The molecule has 1 saturated heterocycles. The van der Waals surface area contributed by atoms with Crippen molar-refractivity contribution in [1.29, 1.82) is 0 Å². The highest BCUT2D eigenvalue weighted by atomic mass is 32.1. The van der Waals surface area contributed by atoms with Gasteiger partial charge in [0.05, 0.1) is 30.0 Å². The van der Waals surface area contributed by atoms with E-state index in [1.54, 1.807) is 12.1 Å². The highest BCUT2D eigenvalue weighted by Crippen LogP contribution is 2.31. The van der Waals surface area contributed by atoms with Crippen molar-refractivity contribution in [2.24, 2.45) is 5.73 Å². The smallest absolute Gasteiger partial charge is 0.258 e. The van der Waals surface area contributed by atoms with Gasteiger partial charge in [-0.05, 0) is 25.1 Å². The minimum atomic E-state index is -0.484. The van der Waals surface area contributed by atoms with E-state index in [1.807, 2.05) is 29.8 Å². The van der Waals surface area contributed by atoms with Crippen molar-refractivity contribution < 1.29 is 14.3 Å². The van der Waals surface area contributed by atoms with E-state index < -0.39 is 5.91 Å². The van der Waals surface area contributed by atoms with Gasteiger partial charge in [-0.1, -0.05) is 17.7 Å². The predicted octanol–water partition coefficient (Wildman–Crippen LogP) is 2.09. The third kappa shape index (κ3) is 4.31. The zero-order chi connectivity index (χ0) is 20.4. The number of ether oxygens (including phenoxy) is 1. The lowest BCUT2D eigenvalue weighted by atomic mass is 10.1. The van der Waals surface area contributed by atoms with Gasteiger partial charge in [0.2, 0.25) is 0 Å². The summed E-state index contributed by atoms with van der Waals surface area (Å²) < 4.78 is 7.23. The molecule has 0 unspecified atom stereocenters. The van der Waals surface area contributed by atoms with Crippen LogP contribution in [-0.4, -0.2) is 59.3 Å². The fraction of sp³-hybridized carbons (Fsp3) is 0.350. The first-order chi connectivity index (χ1) is 14.0. The lowest BCUT2D eigenvalue weighted by Crippen LogP contribution is -2.38. The van der Waals surface area contributed by atoms with E-state index in [1.165, 1.54) is 11.3 Å². The minimum absolute atomic E-state index is 0.236. The average molecular weight is 414 g/mol. The molecule has 8 nitrogen and oxygen atoms in total. The number of hydrogen-bond donors (Lipinski definition) is 2. The van der Waals surface area contributed by atoms with Crippen LogP contribution >= 0.6 is 11.3 Å². The quantitative estimate of drug-likeness (QED) is 0.644. The molecule has 0 spiro atoms. The number of nitrogens with two attached hydrogens (primary N) is 1. The highest BCUT2D eigenvalue weighted by molar-refractivity contribution is 7.20. The molecule has 3 N–H and O–H groups in total. The summed E-state index contributed by atoms with van der Waals surface area (Å²) in [7, 11) is 0. The molecule has 1 aliphatic rings. The summed E-state index contributed by atoms with van der Waals surface area (Å²) in [6, 6.07) is 9.07. The Balaban J connectivity index is 1.60. The van der Waals surface area contributed by atoms with E-state index >= 15 is 0 Å². The normalized spacial score (nSPS) is 14.9. The minimum Gasteiger partial charge on any atom is -0.379 e. The van der Waals surface area contributed by atoms with Crippen LogP contribution in [0.25, 0.3) is 10.2 Å². The topological polar surface area (TPSA) is 102 Å². The van der Waals surface area contributed by atoms with Crippen molar-refractivity contribution in [3.05, 3.63) is 46.3 Å². The predicted molar refractivity (Wildman–Crippen MR) is 113 cm³/mol. The Bertz CT molecular complexity index is 1050. The van der Waals surface area contributed by atoms with E-state index in [4.69, 9.17) is 10.5 Å². The van der Waals surface area contributed by atoms with Gasteiger partial charge in [0.15, 0.2) is 5.82 Å². The number of carbonyl (C=O) groups excluding carboxylic acids is 2. The second kappa shape index (κ2) is 8.32. The van der Waals surface area contributed by atoms with Gasteiger partial charge >= 0.3 is 0 Å². The van der Waals surface area contributed by atoms with Gasteiger partial charge in [0.25, 0.3) is 11.8 Å². The number of nitrogens with one attached hydrogen (secondary N) is 1. The van der Waals surface area contributed by atoms with Gasteiger partial charge < -0.3 is 15.8 Å². The molecule has 0 saturated carbocycles. The maximum Gasteiger partial charge on any atom is 0.258 e. The Labute approximate surface area is 172 Å². The van der Waals surface area contributed by atoms with Crippen LogP contribution in [0.5, 0.6) is 0 Å². The van der Waals surface area contributed by atoms with E-state index in [0.717, 1.165) is 48.6 Å². The first-order valence-electron chi connectivity index (χ1n) is 9.49. The second-order valence-corrected chi connectivity index (χ2v) is 8.07. The fourth-order valence-corrected chi connectivity index (χ4v) is 4.34. The largest absolute Gasteiger partial charge is 0.379 e. The molecule has 0 aliphatic carbocycles. The van der Waals surface area contributed by atoms with Crippen molar-refractivity contribution in [3.63, 3.8) is 0 Å². The molecule has 0 bridgehead atoms. The molecule has 3 aromatic rings. The first kappa shape index (κ1) is 19.6. The summed E-state index contributed by atoms with van der Waals surface area (Å²) in [5.74, 6) is -0.278. The van der Waals surface area contributed by atoms with Crippen molar-refractivity contribution >= 4 is 39.2 Å². The zero-order valence-electron chi connectivity index (χ0n) is 16.2. The maximum atomic E-state index is 12.7. The number of aromatic nitrogens is 2. The summed E-state index contributed by atoms with van der Waals surface area (Å²) in [6.45, 7) is 6.64. The Morgan fingerprint density at radius 1 is 1.24 bits per heavy atom. The van der Waals surface area contributed by atoms with Crippen LogP contribution in [0.4, 0.5) is 5.82 Å². The van der Waals surface area contributed by atoms with Crippen LogP contribution in [0.1, 0.15) is 25.6 Å². The molecule has 9 heteroatoms. The number of amides is 2. The van der Waals surface area contributed by atoms with Crippen LogP contribution in [0.15, 0.2) is 30.3 Å². The van der Waals surface area contributed by atoms with E-state index in [0.29, 0.717) is 22.8 Å². The van der Waals surface area contributed by atoms with E-state index in [2.05, 4.69) is 15.3 Å². The number of anilines is 1. The lowest BCUT2D eigenvalue weighted by molar-refractivity contribution is 0.0361. The van der Waals surface area contributed by atoms with Crippen molar-refractivity contribution in [1.82, 2.24) is 14.7 Å². The SMILES string of the molecule is Cc1cccc(C(=O)Nc2nn(CCN3CCOCC3)c3sc(C(N)=O)cc23)c1. The lowest BCUT2D eigenvalue weighted by Gasteiger charge is -2.26. The second-order valence-electron chi connectivity index (χ2n) is 7.04.